The van der Waals surface area contributed by atoms with E-state index < -0.39 is 16.1 Å². The van der Waals surface area contributed by atoms with Crippen LogP contribution in [-0.2, 0) is 13.5 Å². The molecule has 0 amide bonds. The average molecular weight is 567 g/mol. The number of hydrogen-bond acceptors (Lipinski definition) is 5. The highest BCUT2D eigenvalue weighted by Gasteiger charge is 2.43. The summed E-state index contributed by atoms with van der Waals surface area (Å²) in [5.41, 5.74) is 2.41. The standard InChI is InChI=1S/C32H43O5PSi/c1-24-29-23-32(5,6)20-19-28(21-25(29)22-30(24)37-39(7,8)31(2,3)4)36-38(33,34-26-15-11-9-12-16-26)35-27-17-13-10-14-18-27/h9-19,23,25H,20-22H2,1-8H3/b28-19+,29-23-. The lowest BCUT2D eigenvalue weighted by molar-refractivity contribution is 0.242. The first-order chi connectivity index (χ1) is 18.2. The van der Waals surface area contributed by atoms with E-state index in [-0.39, 0.29) is 16.4 Å². The summed E-state index contributed by atoms with van der Waals surface area (Å²) in [7, 11) is -6.05. The van der Waals surface area contributed by atoms with E-state index in [1.807, 2.05) is 42.5 Å². The molecule has 0 fully saturated rings. The highest BCUT2D eigenvalue weighted by atomic mass is 31.2. The van der Waals surface area contributed by atoms with Crippen molar-refractivity contribution >= 4 is 16.1 Å². The Balaban J connectivity index is 1.62. The Hall–Kier alpha value is -2.69. The van der Waals surface area contributed by atoms with Crippen LogP contribution in [0, 0.1) is 11.3 Å². The lowest BCUT2D eigenvalue weighted by Gasteiger charge is -2.37. The van der Waals surface area contributed by atoms with Crippen molar-refractivity contribution in [2.45, 2.75) is 78.9 Å². The fourth-order valence-corrected chi connectivity index (χ4v) is 7.09. The first-order valence-electron chi connectivity index (χ1n) is 13.8. The van der Waals surface area contributed by atoms with Crippen LogP contribution in [0.5, 0.6) is 11.5 Å². The molecule has 7 heteroatoms. The zero-order valence-electron chi connectivity index (χ0n) is 24.6. The number of hydrogen-bond donors (Lipinski definition) is 0. The summed E-state index contributed by atoms with van der Waals surface area (Å²) in [5, 5.41) is 0.111. The summed E-state index contributed by atoms with van der Waals surface area (Å²) < 4.78 is 39.0. The first-order valence-corrected chi connectivity index (χ1v) is 18.1. The van der Waals surface area contributed by atoms with E-state index in [4.69, 9.17) is 18.0 Å². The Labute approximate surface area is 235 Å². The highest BCUT2D eigenvalue weighted by molar-refractivity contribution is 7.49. The maximum Gasteiger partial charge on any atom is 0.646 e. The Morgan fingerprint density at radius 1 is 0.872 bits per heavy atom. The van der Waals surface area contributed by atoms with Crippen LogP contribution in [0.1, 0.15) is 60.8 Å². The van der Waals surface area contributed by atoms with Gasteiger partial charge in [-0.1, -0.05) is 77.1 Å². The van der Waals surface area contributed by atoms with Crippen LogP contribution in [0.2, 0.25) is 18.1 Å². The second-order valence-corrected chi connectivity index (χ2v) is 19.0. The normalized spacial score (nSPS) is 22.4. The first kappa shape index (κ1) is 29.3. The molecule has 39 heavy (non-hydrogen) atoms. The largest absolute Gasteiger partial charge is 0.646 e. The van der Waals surface area contributed by atoms with Crippen molar-refractivity contribution in [2.75, 3.05) is 0 Å². The van der Waals surface area contributed by atoms with E-state index in [9.17, 15) is 4.57 Å². The summed E-state index contributed by atoms with van der Waals surface area (Å²) in [6.07, 6.45) is 6.56. The quantitative estimate of drug-likeness (QED) is 0.235. The summed E-state index contributed by atoms with van der Waals surface area (Å²) in [6.45, 7) is 18.0. The van der Waals surface area contributed by atoms with E-state index in [1.54, 1.807) is 24.3 Å². The fourth-order valence-electron chi connectivity index (χ4n) is 4.62. The third-order valence-corrected chi connectivity index (χ3v) is 13.6. The van der Waals surface area contributed by atoms with Gasteiger partial charge in [0.15, 0.2) is 0 Å². The van der Waals surface area contributed by atoms with Crippen LogP contribution in [0.4, 0.5) is 0 Å². The Kier molecular flexibility index (Phi) is 8.30. The predicted molar refractivity (Wildman–Crippen MR) is 161 cm³/mol. The third kappa shape index (κ3) is 7.29. The molecule has 4 rings (SSSR count). The highest BCUT2D eigenvalue weighted by Crippen LogP contribution is 2.54. The number of allylic oxidation sites excluding steroid dienone is 6. The van der Waals surface area contributed by atoms with Crippen molar-refractivity contribution in [3.63, 3.8) is 0 Å². The van der Waals surface area contributed by atoms with Crippen molar-refractivity contribution < 1.29 is 22.6 Å². The van der Waals surface area contributed by atoms with Gasteiger partial charge in [0.05, 0.1) is 5.76 Å². The number of para-hydroxylation sites is 2. The molecule has 0 N–H and O–H groups in total. The minimum absolute atomic E-state index is 0.110. The van der Waals surface area contributed by atoms with Gasteiger partial charge in [-0.25, -0.2) is 0 Å². The van der Waals surface area contributed by atoms with Gasteiger partial charge in [-0.05, 0) is 84.3 Å². The Morgan fingerprint density at radius 2 is 1.41 bits per heavy atom. The van der Waals surface area contributed by atoms with Crippen LogP contribution < -0.4 is 9.05 Å². The molecule has 0 aliphatic heterocycles. The monoisotopic (exact) mass is 566 g/mol. The molecule has 2 aromatic rings. The van der Waals surface area contributed by atoms with Gasteiger partial charge in [-0.2, -0.15) is 4.57 Å². The van der Waals surface area contributed by atoms with Gasteiger partial charge in [-0.15, -0.1) is 0 Å². The molecule has 0 radical (unpaired) electrons. The van der Waals surface area contributed by atoms with Gasteiger partial charge in [0.2, 0.25) is 8.32 Å². The number of fused-ring (bicyclic) bond motifs is 1. The van der Waals surface area contributed by atoms with Crippen LogP contribution in [-0.4, -0.2) is 8.32 Å². The van der Waals surface area contributed by atoms with Crippen molar-refractivity contribution in [1.82, 2.24) is 0 Å². The number of rotatable bonds is 8. The molecule has 0 saturated heterocycles. The molecule has 1 atom stereocenters. The maximum absolute atomic E-state index is 14.1. The second kappa shape index (κ2) is 11.1. The van der Waals surface area contributed by atoms with Crippen LogP contribution >= 0.6 is 7.82 Å². The summed E-state index contributed by atoms with van der Waals surface area (Å²) in [5.74, 6) is 2.71. The molecular formula is C32H43O5PSi. The molecule has 0 aromatic heterocycles. The molecule has 0 saturated carbocycles. The third-order valence-electron chi connectivity index (χ3n) is 7.91. The summed E-state index contributed by atoms with van der Waals surface area (Å²) in [6, 6.07) is 18.0. The Morgan fingerprint density at radius 3 is 1.92 bits per heavy atom. The van der Waals surface area contributed by atoms with Crippen LogP contribution in [0.3, 0.4) is 0 Å². The van der Waals surface area contributed by atoms with E-state index in [0.717, 1.165) is 18.6 Å². The summed E-state index contributed by atoms with van der Waals surface area (Å²) in [4.78, 5) is 0. The van der Waals surface area contributed by atoms with Gasteiger partial charge in [0.1, 0.15) is 17.3 Å². The van der Waals surface area contributed by atoms with E-state index in [2.05, 4.69) is 60.7 Å². The minimum Gasteiger partial charge on any atom is -0.546 e. The van der Waals surface area contributed by atoms with Gasteiger partial charge < -0.3 is 18.0 Å². The topological polar surface area (TPSA) is 54.0 Å². The smallest absolute Gasteiger partial charge is 0.546 e. The molecule has 0 heterocycles. The molecule has 5 nitrogen and oxygen atoms in total. The maximum atomic E-state index is 14.1. The minimum atomic E-state index is -4.06. The molecule has 0 bridgehead atoms. The van der Waals surface area contributed by atoms with Crippen LogP contribution in [0.25, 0.3) is 0 Å². The van der Waals surface area contributed by atoms with Crippen molar-refractivity contribution in [1.29, 1.82) is 0 Å². The zero-order valence-corrected chi connectivity index (χ0v) is 26.5. The van der Waals surface area contributed by atoms with E-state index >= 15 is 0 Å². The average Bonchev–Trinajstić information content (AvgIpc) is 3.09. The molecule has 210 valence electrons. The lowest BCUT2D eigenvalue weighted by Crippen LogP contribution is -2.40. The summed E-state index contributed by atoms with van der Waals surface area (Å²) >= 11 is 0. The van der Waals surface area contributed by atoms with Crippen molar-refractivity contribution in [2.24, 2.45) is 11.3 Å². The Bertz CT molecular complexity index is 1260. The van der Waals surface area contributed by atoms with Gasteiger partial charge in [-0.3, -0.25) is 0 Å². The van der Waals surface area contributed by atoms with Crippen molar-refractivity contribution in [3.8, 4) is 11.5 Å². The number of phosphoric ester groups is 1. The number of phosphoric acid groups is 1. The number of benzene rings is 2. The van der Waals surface area contributed by atoms with Crippen LogP contribution in [0.15, 0.2) is 95.5 Å². The molecule has 1 unspecified atom stereocenters. The van der Waals surface area contributed by atoms with E-state index in [0.29, 0.717) is 23.7 Å². The lowest BCUT2D eigenvalue weighted by atomic mass is 9.80. The fraction of sp³-hybridized carbons (Fsp3) is 0.438. The van der Waals surface area contributed by atoms with Gasteiger partial charge in [0, 0.05) is 12.8 Å². The second-order valence-electron chi connectivity index (χ2n) is 12.8. The molecule has 2 aliphatic rings. The SMILES string of the molecule is CC1=C(O[Si](C)(C)C(C)(C)C)CC2C/C(OP(=O)(Oc3ccccc3)Oc3ccccc3)=C\CC(C)(C)/C=C/12. The van der Waals surface area contributed by atoms with Gasteiger partial charge >= 0.3 is 7.82 Å². The predicted octanol–water partition coefficient (Wildman–Crippen LogP) is 10.2. The zero-order chi connectivity index (χ0) is 28.5. The molecule has 2 aliphatic carbocycles. The van der Waals surface area contributed by atoms with Gasteiger partial charge in [0.25, 0.3) is 0 Å². The van der Waals surface area contributed by atoms with Crippen molar-refractivity contribution in [3.05, 3.63) is 95.5 Å². The van der Waals surface area contributed by atoms with E-state index in [1.165, 1.54) is 11.1 Å². The molecular weight excluding hydrogens is 523 g/mol. The molecule has 0 spiro atoms. The molecule has 2 aromatic carbocycles.